The average molecular weight is 1550 g/mol. The van der Waals surface area contributed by atoms with Crippen LogP contribution in [0.15, 0.2) is 303 Å². The van der Waals surface area contributed by atoms with Gasteiger partial charge in [-0.1, -0.05) is 191 Å². The molecule has 20 aromatic rings. The summed E-state index contributed by atoms with van der Waals surface area (Å²) >= 11 is 0. The first-order valence-electron chi connectivity index (χ1n) is 43.5. The lowest BCUT2D eigenvalue weighted by Crippen LogP contribution is -2.31. The largest absolute Gasteiger partial charge is 0.437 e. The van der Waals surface area contributed by atoms with E-state index in [-0.39, 0.29) is 11.4 Å². The van der Waals surface area contributed by atoms with Crippen LogP contribution < -0.4 is 18.3 Å². The molecule has 12 heteroatoms. The fourth-order valence-corrected chi connectivity index (χ4v) is 16.5. The molecule has 0 aliphatic carbocycles. The van der Waals surface area contributed by atoms with Crippen LogP contribution >= 0.6 is 0 Å². The molecule has 0 N–H and O–H groups in total. The second-order valence-corrected chi connectivity index (χ2v) is 31.3. The fraction of sp³-hybridized carbons (Fsp3) is 0.170. The molecular formula is C106H96N8O4+4. The molecule has 580 valence electrons. The number of aromatic nitrogens is 8. The topological polar surface area (TPSA) is 120 Å². The van der Waals surface area contributed by atoms with Gasteiger partial charge in [0.05, 0.1) is 33.4 Å². The van der Waals surface area contributed by atoms with E-state index in [4.69, 9.17) is 27.3 Å². The molecule has 0 atom stereocenters. The molecule has 0 saturated heterocycles. The number of benzene rings is 8. The Labute approximate surface area is 698 Å². The third-order valence-electron chi connectivity index (χ3n) is 22.3. The summed E-state index contributed by atoms with van der Waals surface area (Å²) in [6, 6.07) is 89.2. The molecule has 12 aromatic heterocycles. The summed E-state index contributed by atoms with van der Waals surface area (Å²) < 4.78 is 89.5. The standard InChI is InChI=1S/C31H33N2O.3C25H21N2O/c1-19(2)17-22-9-7-10-23(18-22)24-11-8-16-33(6)29(24)28-21(5)12-13-25-26-14-15-27(20(3)4)32-31(26)34-30(25)28;1-16-11-13-20-21-14-12-17(2)26-25(21)28-24(20)22(16)23-19(10-7-15-27(23)3)18-8-5-4-6-9-18;1-16-9-12-20-21-13-10-17(2)26-25(21)28-24(20)23(16)22-14-11-19(15-27(22)3)18-7-5-4-6-8-18;1-16-9-11-20-21-12-10-17(2)26-25(21)28-24(20)23(16)22-15-19(13-14-27(22)3)18-7-5-4-6-8-18/h7-16,18-20H,17H2,1-6H3;3*4-15H,1-3H3/q4*+1/i3D3,4D3,20D;;;. The van der Waals surface area contributed by atoms with E-state index in [1.807, 2.05) is 95.5 Å². The first-order valence-corrected chi connectivity index (χ1v) is 40.0. The average Bonchev–Trinajstić information content (AvgIpc) is 1.66. The SMILES string of the molecule is Cc1ccc2c(n1)oc1c(-c3c(-c4ccccc4)ccc[n+]3C)c(C)ccc12.Cc1ccc2c(n1)oc1c(-c3cc(-c4ccccc4)cc[n+]3C)c(C)ccc12.Cc1ccc2c(n1)oc1c(-c3ccc(-c4ccccc4)c[n+]3C)c(C)ccc12.[2H]C([2H])([2H])C([2H])(c1ccc2c(n1)oc1c(-c3c(-c4cccc(CC(C)C)c4)ccc[n+]3C)c(C)ccc12)C([2H])([2H])[2H]. The molecule has 0 bridgehead atoms. The smallest absolute Gasteiger partial charge is 0.227 e. The predicted octanol–water partition coefficient (Wildman–Crippen LogP) is 25.0. The molecule has 0 saturated carbocycles. The molecule has 0 amide bonds. The van der Waals surface area contributed by atoms with Crippen LogP contribution in [0.1, 0.15) is 93.6 Å². The maximum atomic E-state index is 8.56. The van der Waals surface area contributed by atoms with Crippen molar-refractivity contribution < 1.29 is 45.5 Å². The first kappa shape index (κ1) is 68.6. The Morgan fingerprint density at radius 1 is 0.322 bits per heavy atom. The molecule has 12 nitrogen and oxygen atoms in total. The van der Waals surface area contributed by atoms with Crippen LogP contribution in [0.5, 0.6) is 0 Å². The van der Waals surface area contributed by atoms with Gasteiger partial charge in [0.15, 0.2) is 47.1 Å². The molecule has 0 aliphatic rings. The number of hydrogen-bond acceptors (Lipinski definition) is 8. The van der Waals surface area contributed by atoms with E-state index < -0.39 is 19.6 Å². The van der Waals surface area contributed by atoms with Crippen molar-refractivity contribution in [2.45, 2.75) is 88.3 Å². The predicted molar refractivity (Wildman–Crippen MR) is 480 cm³/mol. The summed E-state index contributed by atoms with van der Waals surface area (Å²) in [4.78, 5) is 18.1. The summed E-state index contributed by atoms with van der Waals surface area (Å²) in [6.07, 6.45) is 9.33. The number of furan rings is 4. The quantitative estimate of drug-likeness (QED) is 0.117. The number of nitrogens with zero attached hydrogens (tertiary/aromatic N) is 8. The molecular weight excluding hydrogens is 1450 g/mol. The van der Waals surface area contributed by atoms with Crippen LogP contribution in [-0.4, -0.2) is 19.9 Å². The monoisotopic (exact) mass is 1550 g/mol. The molecule has 0 aliphatic heterocycles. The lowest BCUT2D eigenvalue weighted by atomic mass is 9.92. The highest BCUT2D eigenvalue weighted by atomic mass is 16.4. The Balaban J connectivity index is 0.000000119. The van der Waals surface area contributed by atoms with Crippen molar-refractivity contribution in [1.29, 1.82) is 0 Å². The number of pyridine rings is 8. The Morgan fingerprint density at radius 3 is 1.19 bits per heavy atom. The van der Waals surface area contributed by atoms with E-state index in [0.717, 1.165) is 140 Å². The maximum absolute atomic E-state index is 8.56. The van der Waals surface area contributed by atoms with E-state index in [9.17, 15) is 0 Å². The van der Waals surface area contributed by atoms with Crippen molar-refractivity contribution in [3.63, 3.8) is 0 Å². The van der Waals surface area contributed by atoms with Gasteiger partial charge in [0, 0.05) is 111 Å². The van der Waals surface area contributed by atoms with Crippen molar-refractivity contribution in [3.8, 4) is 89.5 Å². The van der Waals surface area contributed by atoms with Gasteiger partial charge in [0.2, 0.25) is 45.6 Å². The molecule has 12 heterocycles. The van der Waals surface area contributed by atoms with E-state index >= 15 is 0 Å². The highest BCUT2D eigenvalue weighted by Crippen LogP contribution is 2.44. The lowest BCUT2D eigenvalue weighted by molar-refractivity contribution is -0.660. The Hall–Kier alpha value is -13.8. The lowest BCUT2D eigenvalue weighted by Gasteiger charge is -2.12. The zero-order valence-corrected chi connectivity index (χ0v) is 68.6. The van der Waals surface area contributed by atoms with E-state index in [1.165, 1.54) is 61.7 Å². The number of rotatable bonds is 11. The van der Waals surface area contributed by atoms with Crippen molar-refractivity contribution in [2.75, 3.05) is 0 Å². The second-order valence-electron chi connectivity index (χ2n) is 31.3. The van der Waals surface area contributed by atoms with E-state index in [2.05, 4.69) is 307 Å². The third-order valence-corrected chi connectivity index (χ3v) is 22.3. The third kappa shape index (κ3) is 14.8. The van der Waals surface area contributed by atoms with Crippen LogP contribution in [0, 0.1) is 54.4 Å². The van der Waals surface area contributed by atoms with Gasteiger partial charge in [-0.3, -0.25) is 0 Å². The van der Waals surface area contributed by atoms with Crippen LogP contribution in [0.3, 0.4) is 0 Å². The minimum Gasteiger partial charge on any atom is -0.437 e. The summed E-state index contributed by atoms with van der Waals surface area (Å²) in [5.41, 5.74) is 31.6. The normalized spacial score (nSPS) is 12.7. The number of aryl methyl sites for hydroxylation is 11. The molecule has 0 fully saturated rings. The molecule has 8 aromatic carbocycles. The van der Waals surface area contributed by atoms with Gasteiger partial charge in [-0.25, -0.2) is 38.2 Å². The first-order chi connectivity index (χ1) is 60.0. The van der Waals surface area contributed by atoms with Gasteiger partial charge in [0.1, 0.15) is 28.2 Å². The van der Waals surface area contributed by atoms with E-state index in [0.29, 0.717) is 34.0 Å². The molecule has 0 spiro atoms. The Bertz CT molecular complexity index is 7550. The number of hydrogen-bond donors (Lipinski definition) is 0. The van der Waals surface area contributed by atoms with Crippen molar-refractivity contribution >= 4 is 88.3 Å². The Morgan fingerprint density at radius 2 is 0.729 bits per heavy atom. The molecule has 118 heavy (non-hydrogen) atoms. The van der Waals surface area contributed by atoms with E-state index in [1.54, 1.807) is 6.07 Å². The zero-order chi connectivity index (χ0) is 87.7. The molecule has 0 unspecified atom stereocenters. The van der Waals surface area contributed by atoms with Gasteiger partial charge in [-0.15, -0.1) is 0 Å². The second kappa shape index (κ2) is 32.1. The fourth-order valence-electron chi connectivity index (χ4n) is 16.5. The summed E-state index contributed by atoms with van der Waals surface area (Å²) in [5.74, 6) is -2.38. The van der Waals surface area contributed by atoms with Crippen molar-refractivity contribution in [2.24, 2.45) is 34.1 Å². The van der Waals surface area contributed by atoms with Gasteiger partial charge >= 0.3 is 0 Å². The van der Waals surface area contributed by atoms with Gasteiger partial charge < -0.3 is 17.7 Å². The van der Waals surface area contributed by atoms with Crippen LogP contribution in [-0.2, 0) is 34.6 Å². The highest BCUT2D eigenvalue weighted by molar-refractivity contribution is 6.13. The zero-order valence-electron chi connectivity index (χ0n) is 75.6. The van der Waals surface area contributed by atoms with Crippen molar-refractivity contribution in [3.05, 3.63) is 336 Å². The molecule has 0 radical (unpaired) electrons. The van der Waals surface area contributed by atoms with Crippen LogP contribution in [0.4, 0.5) is 0 Å². The van der Waals surface area contributed by atoms with Gasteiger partial charge in [-0.05, 0) is 189 Å². The minimum atomic E-state index is -3.14. The highest BCUT2D eigenvalue weighted by Gasteiger charge is 2.30. The summed E-state index contributed by atoms with van der Waals surface area (Å²) in [6.45, 7) is 12.5. The minimum absolute atomic E-state index is 0.0912. The maximum Gasteiger partial charge on any atom is 0.227 e. The van der Waals surface area contributed by atoms with Gasteiger partial charge in [-0.2, -0.15) is 0 Å². The van der Waals surface area contributed by atoms with Crippen molar-refractivity contribution in [1.82, 2.24) is 19.9 Å². The molecule has 20 rings (SSSR count). The van der Waals surface area contributed by atoms with Crippen LogP contribution in [0.2, 0.25) is 0 Å². The Kier molecular flexibility index (Phi) is 18.6. The summed E-state index contributed by atoms with van der Waals surface area (Å²) in [7, 11) is 8.23. The summed E-state index contributed by atoms with van der Waals surface area (Å²) in [5, 5.41) is 7.87. The van der Waals surface area contributed by atoms with Crippen LogP contribution in [0.25, 0.3) is 178 Å². The number of fused-ring (bicyclic) bond motifs is 12. The van der Waals surface area contributed by atoms with Gasteiger partial charge in [0.25, 0.3) is 0 Å².